The molecular formula is C15H19N3O4. The Labute approximate surface area is 128 Å². The van der Waals surface area contributed by atoms with Gasteiger partial charge in [0.05, 0.1) is 12.9 Å². The highest BCUT2D eigenvalue weighted by Gasteiger charge is 2.44. The Hall–Kier alpha value is -1.90. The first-order valence-electron chi connectivity index (χ1n) is 7.07. The van der Waals surface area contributed by atoms with Gasteiger partial charge in [0.25, 0.3) is 0 Å². The number of nitriles is 1. The standard InChI is InChI=1S/C15H19N3O4/c1-9(2)4-3-5-11-10(6-16)17-8-18(11)15-14(21)13(20)12(7-19)22-15/h8-9,12-15,19-21H,4,7H2,1-2H3/t12-,13-,14-,15-/m1/s1. The fraction of sp³-hybridized carbons (Fsp3) is 0.600. The molecule has 0 radical (unpaired) electrons. The molecule has 1 aliphatic heterocycles. The number of ether oxygens (including phenoxy) is 1. The van der Waals surface area contributed by atoms with Crippen molar-refractivity contribution in [1.82, 2.24) is 9.55 Å². The van der Waals surface area contributed by atoms with E-state index in [1.165, 1.54) is 10.9 Å². The van der Waals surface area contributed by atoms with Crippen LogP contribution in [0, 0.1) is 29.1 Å². The maximum atomic E-state index is 10.1. The van der Waals surface area contributed by atoms with Crippen LogP contribution in [0.4, 0.5) is 0 Å². The molecule has 0 saturated carbocycles. The van der Waals surface area contributed by atoms with Crippen LogP contribution in [-0.2, 0) is 4.74 Å². The maximum Gasteiger partial charge on any atom is 0.174 e. The quantitative estimate of drug-likeness (QED) is 0.665. The van der Waals surface area contributed by atoms with Gasteiger partial charge in [-0.1, -0.05) is 19.8 Å². The number of aliphatic hydroxyl groups is 3. The fourth-order valence-corrected chi connectivity index (χ4v) is 2.21. The molecule has 2 heterocycles. The fourth-order valence-electron chi connectivity index (χ4n) is 2.21. The summed E-state index contributed by atoms with van der Waals surface area (Å²) in [6.07, 6.45) is -2.26. The van der Waals surface area contributed by atoms with Gasteiger partial charge < -0.3 is 20.1 Å². The summed E-state index contributed by atoms with van der Waals surface area (Å²) < 4.78 is 6.87. The number of imidazole rings is 1. The summed E-state index contributed by atoms with van der Waals surface area (Å²) in [5.41, 5.74) is 0.465. The summed E-state index contributed by atoms with van der Waals surface area (Å²) in [6.45, 7) is 3.65. The van der Waals surface area contributed by atoms with E-state index in [2.05, 4.69) is 16.8 Å². The van der Waals surface area contributed by atoms with Gasteiger partial charge in [0.15, 0.2) is 11.9 Å². The van der Waals surface area contributed by atoms with Crippen molar-refractivity contribution < 1.29 is 20.1 Å². The van der Waals surface area contributed by atoms with Crippen molar-refractivity contribution in [3.8, 4) is 17.9 Å². The zero-order valence-corrected chi connectivity index (χ0v) is 12.5. The number of hydrogen-bond donors (Lipinski definition) is 3. The second kappa shape index (κ2) is 6.91. The van der Waals surface area contributed by atoms with Crippen LogP contribution in [-0.4, -0.2) is 49.8 Å². The molecule has 2 rings (SSSR count). The number of aromatic nitrogens is 2. The zero-order chi connectivity index (χ0) is 16.3. The van der Waals surface area contributed by atoms with Crippen LogP contribution in [0.3, 0.4) is 0 Å². The van der Waals surface area contributed by atoms with Gasteiger partial charge in [0.1, 0.15) is 30.1 Å². The molecular weight excluding hydrogens is 286 g/mol. The smallest absolute Gasteiger partial charge is 0.174 e. The van der Waals surface area contributed by atoms with E-state index in [-0.39, 0.29) is 5.69 Å². The first-order valence-corrected chi connectivity index (χ1v) is 7.07. The van der Waals surface area contributed by atoms with Gasteiger partial charge in [0, 0.05) is 6.42 Å². The summed E-state index contributed by atoms with van der Waals surface area (Å²) in [7, 11) is 0. The summed E-state index contributed by atoms with van der Waals surface area (Å²) in [4.78, 5) is 3.95. The van der Waals surface area contributed by atoms with Crippen molar-refractivity contribution in [2.75, 3.05) is 6.61 Å². The second-order valence-electron chi connectivity index (χ2n) is 5.59. The maximum absolute atomic E-state index is 10.1. The van der Waals surface area contributed by atoms with Crippen LogP contribution >= 0.6 is 0 Å². The lowest BCUT2D eigenvalue weighted by atomic mass is 10.1. The molecule has 0 aromatic carbocycles. The van der Waals surface area contributed by atoms with Gasteiger partial charge >= 0.3 is 0 Å². The molecule has 22 heavy (non-hydrogen) atoms. The van der Waals surface area contributed by atoms with E-state index in [4.69, 9.17) is 15.1 Å². The second-order valence-corrected chi connectivity index (χ2v) is 5.59. The highest BCUT2D eigenvalue weighted by Crippen LogP contribution is 2.30. The lowest BCUT2D eigenvalue weighted by Crippen LogP contribution is -2.33. The predicted octanol–water partition coefficient (Wildman–Crippen LogP) is -0.236. The van der Waals surface area contributed by atoms with E-state index >= 15 is 0 Å². The monoisotopic (exact) mass is 305 g/mol. The largest absolute Gasteiger partial charge is 0.394 e. The molecule has 7 nitrogen and oxygen atoms in total. The first kappa shape index (κ1) is 16.5. The van der Waals surface area contributed by atoms with Crippen LogP contribution in [0.2, 0.25) is 0 Å². The average Bonchev–Trinajstić information content (AvgIpc) is 3.01. The first-order chi connectivity index (χ1) is 10.5. The van der Waals surface area contributed by atoms with Crippen molar-refractivity contribution in [1.29, 1.82) is 5.26 Å². The van der Waals surface area contributed by atoms with Gasteiger partial charge in [-0.25, -0.2) is 4.98 Å². The van der Waals surface area contributed by atoms with Crippen molar-refractivity contribution in [3.05, 3.63) is 17.7 Å². The summed E-state index contributed by atoms with van der Waals surface area (Å²) in [5, 5.41) is 38.1. The van der Waals surface area contributed by atoms with Crippen molar-refractivity contribution in [2.24, 2.45) is 5.92 Å². The number of nitrogens with zero attached hydrogens (tertiary/aromatic N) is 3. The number of hydrogen-bond acceptors (Lipinski definition) is 6. The molecule has 7 heteroatoms. The molecule has 1 saturated heterocycles. The summed E-state index contributed by atoms with van der Waals surface area (Å²) in [6, 6.07) is 1.95. The Balaban J connectivity index is 2.34. The Morgan fingerprint density at radius 1 is 1.41 bits per heavy atom. The normalized spacial score (nSPS) is 27.5. The number of rotatable bonds is 3. The van der Waals surface area contributed by atoms with Gasteiger partial charge in [-0.2, -0.15) is 5.26 Å². The van der Waals surface area contributed by atoms with Crippen LogP contribution in [0.25, 0.3) is 0 Å². The molecule has 4 atom stereocenters. The van der Waals surface area contributed by atoms with Crippen LogP contribution in [0.1, 0.15) is 37.9 Å². The molecule has 0 bridgehead atoms. The van der Waals surface area contributed by atoms with Gasteiger partial charge in [0.2, 0.25) is 0 Å². The van der Waals surface area contributed by atoms with Gasteiger partial charge in [-0.3, -0.25) is 4.57 Å². The predicted molar refractivity (Wildman–Crippen MR) is 76.3 cm³/mol. The SMILES string of the molecule is CC(C)CC#Cc1c(C#N)ncn1[C@@H]1O[C@H](CO)[C@@H](O)[C@H]1O. The molecule has 1 aliphatic rings. The van der Waals surface area contributed by atoms with Gasteiger partial charge in [-0.15, -0.1) is 0 Å². The lowest BCUT2D eigenvalue weighted by molar-refractivity contribution is -0.0531. The Bertz CT molecular complexity index is 623. The molecule has 0 unspecified atom stereocenters. The Morgan fingerprint density at radius 2 is 2.14 bits per heavy atom. The minimum Gasteiger partial charge on any atom is -0.394 e. The van der Waals surface area contributed by atoms with Crippen LogP contribution in [0.15, 0.2) is 6.33 Å². The third kappa shape index (κ3) is 3.13. The molecule has 1 aromatic heterocycles. The Kier molecular flexibility index (Phi) is 5.17. The van der Waals surface area contributed by atoms with E-state index in [1.807, 2.05) is 19.9 Å². The van der Waals surface area contributed by atoms with Crippen molar-refractivity contribution >= 4 is 0 Å². The average molecular weight is 305 g/mol. The Morgan fingerprint density at radius 3 is 2.68 bits per heavy atom. The number of aliphatic hydroxyl groups excluding tert-OH is 3. The van der Waals surface area contributed by atoms with Crippen molar-refractivity contribution in [3.63, 3.8) is 0 Å². The minimum absolute atomic E-state index is 0.133. The highest BCUT2D eigenvalue weighted by molar-refractivity contribution is 5.40. The molecule has 0 amide bonds. The van der Waals surface area contributed by atoms with E-state index in [1.54, 1.807) is 0 Å². The summed E-state index contributed by atoms with van der Waals surface area (Å²) >= 11 is 0. The molecule has 118 valence electrons. The molecule has 3 N–H and O–H groups in total. The van der Waals surface area contributed by atoms with Crippen LogP contribution in [0.5, 0.6) is 0 Å². The van der Waals surface area contributed by atoms with Crippen molar-refractivity contribution in [2.45, 2.75) is 44.8 Å². The zero-order valence-electron chi connectivity index (χ0n) is 12.5. The van der Waals surface area contributed by atoms with E-state index in [0.29, 0.717) is 18.0 Å². The highest BCUT2D eigenvalue weighted by atomic mass is 16.6. The minimum atomic E-state index is -1.23. The van der Waals surface area contributed by atoms with E-state index < -0.39 is 31.1 Å². The molecule has 1 aromatic rings. The molecule has 0 aliphatic carbocycles. The van der Waals surface area contributed by atoms with Crippen LogP contribution < -0.4 is 0 Å². The third-order valence-electron chi connectivity index (χ3n) is 3.41. The molecule has 1 fully saturated rings. The molecule has 0 spiro atoms. The van der Waals surface area contributed by atoms with E-state index in [0.717, 1.165) is 0 Å². The van der Waals surface area contributed by atoms with E-state index in [9.17, 15) is 10.2 Å². The lowest BCUT2D eigenvalue weighted by Gasteiger charge is -2.17. The van der Waals surface area contributed by atoms with Gasteiger partial charge in [-0.05, 0) is 11.8 Å². The third-order valence-corrected chi connectivity index (χ3v) is 3.41. The topological polar surface area (TPSA) is 112 Å². The summed E-state index contributed by atoms with van der Waals surface area (Å²) in [5.74, 6) is 6.24.